The molecule has 0 aliphatic rings. The molecule has 0 atom stereocenters. The third kappa shape index (κ3) is 9.89. The Balaban J connectivity index is 2.05. The molecule has 0 aliphatic carbocycles. The lowest BCUT2D eigenvalue weighted by atomic mass is 10.1. The molecule has 0 radical (unpaired) electrons. The highest BCUT2D eigenvalue weighted by Crippen LogP contribution is 2.19. The van der Waals surface area contributed by atoms with E-state index in [0.717, 1.165) is 11.5 Å². The van der Waals surface area contributed by atoms with Gasteiger partial charge in [-0.1, -0.05) is 21.6 Å². The van der Waals surface area contributed by atoms with Gasteiger partial charge in [-0.05, 0) is 45.0 Å². The van der Waals surface area contributed by atoms with E-state index in [1.807, 2.05) is 26.8 Å². The SMILES string of the molecule is CC(C)(C)OC(=O)NCCSSCCNC(=O)c1ccc(C#N)cc1. The van der Waals surface area contributed by atoms with Gasteiger partial charge in [0.15, 0.2) is 0 Å². The number of nitrogens with zero attached hydrogens (tertiary/aromatic N) is 1. The average molecular weight is 382 g/mol. The summed E-state index contributed by atoms with van der Waals surface area (Å²) >= 11 is 0. The molecule has 8 heteroatoms. The standard InChI is InChI=1S/C17H23N3O3S2/c1-17(2,3)23-16(22)20-9-11-25-24-10-8-19-15(21)14-6-4-13(12-18)5-7-14/h4-7H,8-11H2,1-3H3,(H,19,21)(H,20,22). The van der Waals surface area contributed by atoms with Gasteiger partial charge in [0.05, 0.1) is 11.6 Å². The summed E-state index contributed by atoms with van der Waals surface area (Å²) in [6.45, 7) is 6.55. The molecule has 1 aromatic carbocycles. The monoisotopic (exact) mass is 381 g/mol. The van der Waals surface area contributed by atoms with Crippen LogP contribution in [-0.2, 0) is 4.74 Å². The normalized spacial score (nSPS) is 10.6. The molecular formula is C17H23N3O3S2. The van der Waals surface area contributed by atoms with Crippen LogP contribution in [0.2, 0.25) is 0 Å². The van der Waals surface area contributed by atoms with Crippen molar-refractivity contribution in [1.82, 2.24) is 10.6 Å². The fourth-order valence-electron chi connectivity index (χ4n) is 1.63. The molecule has 1 rings (SSSR count). The topological polar surface area (TPSA) is 91.2 Å². The molecule has 0 spiro atoms. The predicted octanol–water partition coefficient (Wildman–Crippen LogP) is 3.19. The van der Waals surface area contributed by atoms with Crippen LogP contribution < -0.4 is 10.6 Å². The van der Waals surface area contributed by atoms with Crippen LogP contribution in [0.5, 0.6) is 0 Å². The van der Waals surface area contributed by atoms with Gasteiger partial charge in [-0.25, -0.2) is 4.79 Å². The van der Waals surface area contributed by atoms with E-state index >= 15 is 0 Å². The van der Waals surface area contributed by atoms with Crippen molar-refractivity contribution in [1.29, 1.82) is 5.26 Å². The fourth-order valence-corrected chi connectivity index (χ4v) is 3.44. The van der Waals surface area contributed by atoms with Crippen LogP contribution in [0.1, 0.15) is 36.7 Å². The van der Waals surface area contributed by atoms with Crippen LogP contribution in [0.15, 0.2) is 24.3 Å². The molecule has 0 unspecified atom stereocenters. The maximum Gasteiger partial charge on any atom is 0.407 e. The lowest BCUT2D eigenvalue weighted by molar-refractivity contribution is 0.0531. The zero-order valence-electron chi connectivity index (χ0n) is 14.6. The second-order valence-electron chi connectivity index (χ2n) is 6.02. The third-order valence-electron chi connectivity index (χ3n) is 2.68. The molecule has 0 aliphatic heterocycles. The van der Waals surface area contributed by atoms with Crippen molar-refractivity contribution in [3.63, 3.8) is 0 Å². The maximum absolute atomic E-state index is 11.9. The number of nitrogens with one attached hydrogen (secondary N) is 2. The van der Waals surface area contributed by atoms with Gasteiger partial charge in [0.2, 0.25) is 0 Å². The molecule has 0 saturated carbocycles. The largest absolute Gasteiger partial charge is 0.444 e. The van der Waals surface area contributed by atoms with Crippen molar-refractivity contribution < 1.29 is 14.3 Å². The lowest BCUT2D eigenvalue weighted by Gasteiger charge is -2.19. The summed E-state index contributed by atoms with van der Waals surface area (Å²) < 4.78 is 5.13. The van der Waals surface area contributed by atoms with Gasteiger partial charge in [-0.2, -0.15) is 5.26 Å². The van der Waals surface area contributed by atoms with E-state index in [4.69, 9.17) is 10.00 Å². The highest BCUT2D eigenvalue weighted by atomic mass is 33.1. The lowest BCUT2D eigenvalue weighted by Crippen LogP contribution is -2.33. The van der Waals surface area contributed by atoms with Gasteiger partial charge in [0, 0.05) is 30.2 Å². The summed E-state index contributed by atoms with van der Waals surface area (Å²) in [5.41, 5.74) is 0.584. The Morgan fingerprint density at radius 3 is 2.16 bits per heavy atom. The van der Waals surface area contributed by atoms with Crippen LogP contribution in [-0.4, -0.2) is 42.2 Å². The first kappa shape index (κ1) is 21.2. The minimum Gasteiger partial charge on any atom is -0.444 e. The highest BCUT2D eigenvalue weighted by Gasteiger charge is 2.15. The number of nitriles is 1. The van der Waals surface area contributed by atoms with Crippen molar-refractivity contribution in [3.8, 4) is 6.07 Å². The molecule has 0 fully saturated rings. The molecule has 2 N–H and O–H groups in total. The number of carbonyl (C=O) groups excluding carboxylic acids is 2. The van der Waals surface area contributed by atoms with E-state index in [-0.39, 0.29) is 5.91 Å². The Bertz CT molecular complexity index is 607. The molecule has 25 heavy (non-hydrogen) atoms. The van der Waals surface area contributed by atoms with Gasteiger partial charge in [-0.15, -0.1) is 0 Å². The van der Waals surface area contributed by atoms with Gasteiger partial charge in [-0.3, -0.25) is 4.79 Å². The Morgan fingerprint density at radius 1 is 1.08 bits per heavy atom. The van der Waals surface area contributed by atoms with Crippen LogP contribution in [0.4, 0.5) is 4.79 Å². The predicted molar refractivity (Wildman–Crippen MR) is 103 cm³/mol. The Labute approximate surface area is 156 Å². The Kier molecular flexibility index (Phi) is 9.24. The molecule has 0 aromatic heterocycles. The summed E-state index contributed by atoms with van der Waals surface area (Å²) in [5, 5.41) is 14.2. The Hall–Kier alpha value is -1.85. The van der Waals surface area contributed by atoms with Gasteiger partial charge < -0.3 is 15.4 Å². The number of hydrogen-bond donors (Lipinski definition) is 2. The van der Waals surface area contributed by atoms with Crippen molar-refractivity contribution in [2.24, 2.45) is 0 Å². The summed E-state index contributed by atoms with van der Waals surface area (Å²) in [5.74, 6) is 1.37. The summed E-state index contributed by atoms with van der Waals surface area (Å²) in [4.78, 5) is 23.3. The number of amides is 2. The number of ether oxygens (including phenoxy) is 1. The smallest absolute Gasteiger partial charge is 0.407 e. The van der Waals surface area contributed by atoms with Crippen molar-refractivity contribution >= 4 is 33.6 Å². The van der Waals surface area contributed by atoms with Crippen molar-refractivity contribution in [3.05, 3.63) is 35.4 Å². The number of benzene rings is 1. The summed E-state index contributed by atoms with van der Waals surface area (Å²) in [7, 11) is 3.25. The Morgan fingerprint density at radius 2 is 1.64 bits per heavy atom. The van der Waals surface area contributed by atoms with Gasteiger partial charge in [0.1, 0.15) is 5.60 Å². The first-order valence-corrected chi connectivity index (χ1v) is 10.3. The zero-order chi connectivity index (χ0) is 18.7. The van der Waals surface area contributed by atoms with Crippen LogP contribution >= 0.6 is 21.6 Å². The van der Waals surface area contributed by atoms with Crippen LogP contribution in [0.3, 0.4) is 0 Å². The van der Waals surface area contributed by atoms with E-state index in [0.29, 0.717) is 24.2 Å². The van der Waals surface area contributed by atoms with Crippen LogP contribution in [0, 0.1) is 11.3 Å². The first-order chi connectivity index (χ1) is 11.8. The molecule has 136 valence electrons. The number of rotatable bonds is 8. The second-order valence-corrected chi connectivity index (χ2v) is 8.72. The number of carbonyl (C=O) groups is 2. The molecule has 1 aromatic rings. The fraction of sp³-hybridized carbons (Fsp3) is 0.471. The van der Waals surface area contributed by atoms with E-state index in [2.05, 4.69) is 10.6 Å². The summed E-state index contributed by atoms with van der Waals surface area (Å²) in [6, 6.07) is 8.53. The average Bonchev–Trinajstić information content (AvgIpc) is 2.55. The molecule has 2 amide bonds. The van der Waals surface area contributed by atoms with E-state index in [1.165, 1.54) is 0 Å². The van der Waals surface area contributed by atoms with Crippen molar-refractivity contribution in [2.45, 2.75) is 26.4 Å². The van der Waals surface area contributed by atoms with Crippen LogP contribution in [0.25, 0.3) is 0 Å². The van der Waals surface area contributed by atoms with Gasteiger partial charge in [0.25, 0.3) is 5.91 Å². The molecule has 0 heterocycles. The van der Waals surface area contributed by atoms with E-state index in [1.54, 1.807) is 45.9 Å². The van der Waals surface area contributed by atoms with E-state index < -0.39 is 11.7 Å². The third-order valence-corrected chi connectivity index (χ3v) is 5.09. The van der Waals surface area contributed by atoms with Gasteiger partial charge >= 0.3 is 6.09 Å². The number of hydrogen-bond acceptors (Lipinski definition) is 6. The molecular weight excluding hydrogens is 358 g/mol. The molecule has 0 saturated heterocycles. The first-order valence-electron chi connectivity index (χ1n) is 7.81. The summed E-state index contributed by atoms with van der Waals surface area (Å²) in [6.07, 6.45) is -0.409. The second kappa shape index (κ2) is 10.9. The van der Waals surface area contributed by atoms with Crippen molar-refractivity contribution in [2.75, 3.05) is 24.6 Å². The quantitative estimate of drug-likeness (QED) is 0.531. The molecule has 0 bridgehead atoms. The maximum atomic E-state index is 11.9. The highest BCUT2D eigenvalue weighted by molar-refractivity contribution is 8.76. The van der Waals surface area contributed by atoms with E-state index in [9.17, 15) is 9.59 Å². The number of alkyl carbamates (subject to hydrolysis) is 1. The zero-order valence-corrected chi connectivity index (χ0v) is 16.3. The minimum atomic E-state index is -0.487. The molecule has 6 nitrogen and oxygen atoms in total. The minimum absolute atomic E-state index is 0.151.